The van der Waals surface area contributed by atoms with Crippen LogP contribution in [0.2, 0.25) is 0 Å². The minimum atomic E-state index is -0.730. The quantitative estimate of drug-likeness (QED) is 0.628. The first-order chi connectivity index (χ1) is 9.40. The Morgan fingerprint density at radius 2 is 1.57 bits per heavy atom. The van der Waals surface area contributed by atoms with Crippen molar-refractivity contribution >= 4 is 5.78 Å². The van der Waals surface area contributed by atoms with Crippen molar-refractivity contribution in [1.82, 2.24) is 0 Å². The molecule has 0 aliphatic rings. The van der Waals surface area contributed by atoms with E-state index in [1.807, 2.05) is 34.6 Å². The third kappa shape index (κ3) is 9.99. The molecule has 2 N–H and O–H groups in total. The van der Waals surface area contributed by atoms with E-state index in [0.717, 1.165) is 19.3 Å². The molecule has 0 amide bonds. The average molecular weight is 301 g/mol. The molecule has 0 heterocycles. The van der Waals surface area contributed by atoms with Crippen LogP contribution in [0.25, 0.3) is 0 Å². The molecule has 0 aromatic rings. The largest absolute Gasteiger partial charge is 0.370 e. The van der Waals surface area contributed by atoms with Crippen molar-refractivity contribution in [3.05, 3.63) is 0 Å². The number of hydrogen-bond donors (Lipinski definition) is 1. The SMILES string of the molecule is CC(C)(C)OC(C)(C)CCOC(C)(C)C(=O)CCCCN. The Morgan fingerprint density at radius 1 is 1.00 bits per heavy atom. The van der Waals surface area contributed by atoms with Crippen molar-refractivity contribution in [2.75, 3.05) is 13.2 Å². The Labute approximate surface area is 130 Å². The molecule has 0 aromatic carbocycles. The zero-order valence-corrected chi connectivity index (χ0v) is 15.0. The van der Waals surface area contributed by atoms with Gasteiger partial charge >= 0.3 is 0 Å². The van der Waals surface area contributed by atoms with Crippen molar-refractivity contribution in [2.45, 2.75) is 91.0 Å². The van der Waals surface area contributed by atoms with Gasteiger partial charge in [0.1, 0.15) is 5.60 Å². The summed E-state index contributed by atoms with van der Waals surface area (Å²) in [6.07, 6.45) is 3.00. The second kappa shape index (κ2) is 8.25. The van der Waals surface area contributed by atoms with Crippen LogP contribution >= 0.6 is 0 Å². The van der Waals surface area contributed by atoms with Crippen LogP contribution in [-0.2, 0) is 14.3 Å². The summed E-state index contributed by atoms with van der Waals surface area (Å²) in [5.74, 6) is 0.144. The Balaban J connectivity index is 4.21. The molecule has 0 spiro atoms. The Hall–Kier alpha value is -0.450. The van der Waals surface area contributed by atoms with Crippen molar-refractivity contribution in [3.8, 4) is 0 Å². The van der Waals surface area contributed by atoms with Gasteiger partial charge in [0.25, 0.3) is 0 Å². The number of carbonyl (C=O) groups excluding carboxylic acids is 1. The molecule has 0 saturated carbocycles. The van der Waals surface area contributed by atoms with E-state index in [0.29, 0.717) is 19.6 Å². The van der Waals surface area contributed by atoms with Crippen molar-refractivity contribution < 1.29 is 14.3 Å². The standard InChI is InChI=1S/C17H35NO3/c1-15(2,3)21-16(4,5)11-13-20-17(6,7)14(19)10-8-9-12-18/h8-13,18H2,1-7H3. The second-order valence-corrected chi connectivity index (χ2v) is 7.75. The molecule has 0 radical (unpaired) electrons. The molecule has 0 atom stereocenters. The summed E-state index contributed by atoms with van der Waals surface area (Å²) in [4.78, 5) is 12.1. The van der Waals surface area contributed by atoms with Gasteiger partial charge in [0.2, 0.25) is 0 Å². The third-order valence-electron chi connectivity index (χ3n) is 3.28. The van der Waals surface area contributed by atoms with Gasteiger partial charge in [-0.15, -0.1) is 0 Å². The van der Waals surface area contributed by atoms with E-state index in [-0.39, 0.29) is 17.0 Å². The highest BCUT2D eigenvalue weighted by Gasteiger charge is 2.30. The number of Topliss-reactive ketones (excluding diaryl/α,β-unsaturated/α-hetero) is 1. The summed E-state index contributed by atoms with van der Waals surface area (Å²) < 4.78 is 11.8. The van der Waals surface area contributed by atoms with Crippen LogP contribution in [-0.4, -0.2) is 35.7 Å². The summed E-state index contributed by atoms with van der Waals surface area (Å²) in [6, 6.07) is 0. The van der Waals surface area contributed by atoms with E-state index in [9.17, 15) is 4.79 Å². The summed E-state index contributed by atoms with van der Waals surface area (Å²) in [5, 5.41) is 0. The zero-order chi connectivity index (χ0) is 16.7. The van der Waals surface area contributed by atoms with E-state index in [4.69, 9.17) is 15.2 Å². The number of carbonyl (C=O) groups is 1. The highest BCUT2D eigenvalue weighted by molar-refractivity contribution is 5.86. The molecule has 0 aliphatic heterocycles. The Bertz CT molecular complexity index is 316. The first kappa shape index (κ1) is 20.6. The lowest BCUT2D eigenvalue weighted by molar-refractivity contribution is -0.149. The molecule has 0 fully saturated rings. The van der Waals surface area contributed by atoms with E-state index < -0.39 is 5.60 Å². The first-order valence-electron chi connectivity index (χ1n) is 7.97. The molecule has 0 saturated heterocycles. The normalized spacial score (nSPS) is 13.5. The smallest absolute Gasteiger partial charge is 0.164 e. The first-order valence-corrected chi connectivity index (χ1v) is 7.97. The van der Waals surface area contributed by atoms with Gasteiger partial charge in [-0.3, -0.25) is 4.79 Å². The Morgan fingerprint density at radius 3 is 2.05 bits per heavy atom. The molecule has 126 valence electrons. The van der Waals surface area contributed by atoms with E-state index in [2.05, 4.69) is 13.8 Å². The van der Waals surface area contributed by atoms with Gasteiger partial charge in [0, 0.05) is 6.42 Å². The predicted molar refractivity (Wildman–Crippen MR) is 87.5 cm³/mol. The van der Waals surface area contributed by atoms with Crippen molar-refractivity contribution in [3.63, 3.8) is 0 Å². The van der Waals surface area contributed by atoms with Crippen LogP contribution in [0.4, 0.5) is 0 Å². The lowest BCUT2D eigenvalue weighted by atomic mass is 9.98. The molecule has 0 aromatic heterocycles. The minimum Gasteiger partial charge on any atom is -0.370 e. The number of nitrogens with two attached hydrogens (primary N) is 1. The number of rotatable bonds is 10. The van der Waals surface area contributed by atoms with Gasteiger partial charge in [-0.2, -0.15) is 0 Å². The fourth-order valence-electron chi connectivity index (χ4n) is 2.24. The highest BCUT2D eigenvalue weighted by Crippen LogP contribution is 2.24. The molecular weight excluding hydrogens is 266 g/mol. The highest BCUT2D eigenvalue weighted by atomic mass is 16.5. The van der Waals surface area contributed by atoms with E-state index in [1.54, 1.807) is 0 Å². The number of unbranched alkanes of at least 4 members (excludes halogenated alkanes) is 1. The van der Waals surface area contributed by atoms with Gasteiger partial charge < -0.3 is 15.2 Å². The maximum atomic E-state index is 12.1. The topological polar surface area (TPSA) is 61.5 Å². The Kier molecular flexibility index (Phi) is 8.08. The van der Waals surface area contributed by atoms with Crippen LogP contribution < -0.4 is 5.73 Å². The fourth-order valence-corrected chi connectivity index (χ4v) is 2.24. The second-order valence-electron chi connectivity index (χ2n) is 7.75. The van der Waals surface area contributed by atoms with Crippen molar-refractivity contribution in [2.24, 2.45) is 5.73 Å². The monoisotopic (exact) mass is 301 g/mol. The van der Waals surface area contributed by atoms with Gasteiger partial charge in [-0.05, 0) is 74.3 Å². The number of ketones is 1. The zero-order valence-electron chi connectivity index (χ0n) is 15.0. The lowest BCUT2D eigenvalue weighted by Crippen LogP contribution is -2.39. The van der Waals surface area contributed by atoms with Crippen LogP contribution in [0.3, 0.4) is 0 Å². The van der Waals surface area contributed by atoms with Gasteiger partial charge in [-0.1, -0.05) is 0 Å². The van der Waals surface area contributed by atoms with Crippen molar-refractivity contribution in [1.29, 1.82) is 0 Å². The molecular formula is C17H35NO3. The summed E-state index contributed by atoms with van der Waals surface area (Å²) in [6.45, 7) is 15.1. The molecule has 21 heavy (non-hydrogen) atoms. The molecule has 0 rings (SSSR count). The van der Waals surface area contributed by atoms with Gasteiger partial charge in [-0.25, -0.2) is 0 Å². The molecule has 0 bridgehead atoms. The third-order valence-corrected chi connectivity index (χ3v) is 3.28. The minimum absolute atomic E-state index is 0.144. The summed E-state index contributed by atoms with van der Waals surface area (Å²) >= 11 is 0. The lowest BCUT2D eigenvalue weighted by Gasteiger charge is -2.34. The molecule has 0 aliphatic carbocycles. The maximum absolute atomic E-state index is 12.1. The maximum Gasteiger partial charge on any atom is 0.164 e. The predicted octanol–water partition coefficient (Wildman–Crippen LogP) is 3.46. The fraction of sp³-hybridized carbons (Fsp3) is 0.941. The van der Waals surface area contributed by atoms with Crippen LogP contribution in [0, 0.1) is 0 Å². The van der Waals surface area contributed by atoms with Gasteiger partial charge in [0.15, 0.2) is 5.78 Å². The van der Waals surface area contributed by atoms with Crippen LogP contribution in [0.5, 0.6) is 0 Å². The molecule has 0 unspecified atom stereocenters. The number of ether oxygens (including phenoxy) is 2. The summed E-state index contributed by atoms with van der Waals surface area (Å²) in [5.41, 5.74) is 4.27. The average Bonchev–Trinajstić information content (AvgIpc) is 2.25. The van der Waals surface area contributed by atoms with Crippen LogP contribution in [0.15, 0.2) is 0 Å². The van der Waals surface area contributed by atoms with Gasteiger partial charge in [0.05, 0.1) is 17.8 Å². The summed E-state index contributed by atoms with van der Waals surface area (Å²) in [7, 11) is 0. The molecule has 4 heteroatoms. The van der Waals surface area contributed by atoms with E-state index >= 15 is 0 Å². The van der Waals surface area contributed by atoms with E-state index in [1.165, 1.54) is 0 Å². The van der Waals surface area contributed by atoms with Crippen LogP contribution in [0.1, 0.15) is 74.1 Å². The molecule has 4 nitrogen and oxygen atoms in total. The number of hydrogen-bond acceptors (Lipinski definition) is 4.